The van der Waals surface area contributed by atoms with Gasteiger partial charge < -0.3 is 15.4 Å². The number of ether oxygens (including phenoxy) is 1. The van der Waals surface area contributed by atoms with Crippen LogP contribution in [0, 0.1) is 0 Å². The predicted octanol–water partition coefficient (Wildman–Crippen LogP) is 2.97. The van der Waals surface area contributed by atoms with E-state index in [9.17, 15) is 13.2 Å². The molecule has 2 unspecified atom stereocenters. The van der Waals surface area contributed by atoms with E-state index < -0.39 is 12.8 Å². The Balaban J connectivity index is 1.83. The number of hydrogen-bond donors (Lipinski definition) is 2. The van der Waals surface area contributed by atoms with Crippen LogP contribution in [0.2, 0.25) is 0 Å². The van der Waals surface area contributed by atoms with Crippen molar-refractivity contribution in [1.29, 1.82) is 0 Å². The van der Waals surface area contributed by atoms with Crippen LogP contribution in [0.25, 0.3) is 0 Å². The van der Waals surface area contributed by atoms with Crippen LogP contribution in [0.4, 0.5) is 13.2 Å². The number of alkyl halides is 3. The minimum absolute atomic E-state index is 0.0434. The Kier molecular flexibility index (Phi) is 7.22. The summed E-state index contributed by atoms with van der Waals surface area (Å²) in [6.07, 6.45) is 2.59. The Bertz CT molecular complexity index is 583. The summed E-state index contributed by atoms with van der Waals surface area (Å²) in [5, 5.41) is 7.25. The molecular weight excluding hydrogens is 353 g/mol. The third kappa shape index (κ3) is 7.01. The fraction of sp³-hybridized carbons (Fsp3) is 0.625. The highest BCUT2D eigenvalue weighted by Crippen LogP contribution is 2.28. The molecule has 1 aromatic rings. The summed E-state index contributed by atoms with van der Waals surface area (Å²) in [6.45, 7) is -0.929. The van der Waals surface area contributed by atoms with Crippen LogP contribution in [0.15, 0.2) is 23.3 Å². The van der Waals surface area contributed by atoms with Gasteiger partial charge in [-0.1, -0.05) is 0 Å². The smallest absolute Gasteiger partial charge is 0.422 e. The van der Waals surface area contributed by atoms with Gasteiger partial charge in [-0.25, -0.2) is 4.98 Å². The zero-order valence-corrected chi connectivity index (χ0v) is 15.1. The van der Waals surface area contributed by atoms with E-state index in [2.05, 4.69) is 31.6 Å². The molecule has 0 spiro atoms. The van der Waals surface area contributed by atoms with Crippen LogP contribution < -0.4 is 15.4 Å². The highest BCUT2D eigenvalue weighted by Gasteiger charge is 2.28. The summed E-state index contributed by atoms with van der Waals surface area (Å²) in [6, 6.07) is 3.61. The quantitative estimate of drug-likeness (QED) is 0.591. The largest absolute Gasteiger partial charge is 0.468 e. The summed E-state index contributed by atoms with van der Waals surface area (Å²) in [5.74, 6) is 0.638. The number of nitrogens with zero attached hydrogens (tertiary/aromatic N) is 2. The molecule has 9 heteroatoms. The molecule has 0 aromatic carbocycles. The zero-order valence-electron chi connectivity index (χ0n) is 14.3. The second-order valence-electron chi connectivity index (χ2n) is 5.84. The summed E-state index contributed by atoms with van der Waals surface area (Å²) >= 11 is 1.89. The second-order valence-corrected chi connectivity index (χ2v) is 6.98. The number of aromatic nitrogens is 1. The lowest BCUT2D eigenvalue weighted by atomic mass is 10.2. The highest BCUT2D eigenvalue weighted by atomic mass is 32.2. The van der Waals surface area contributed by atoms with Crippen LogP contribution in [-0.4, -0.2) is 48.3 Å². The van der Waals surface area contributed by atoms with Gasteiger partial charge in [0.15, 0.2) is 12.6 Å². The van der Waals surface area contributed by atoms with E-state index in [1.807, 2.05) is 11.8 Å². The normalized spacial score (nSPS) is 21.2. The maximum absolute atomic E-state index is 12.2. The molecule has 2 atom stereocenters. The van der Waals surface area contributed by atoms with Crippen LogP contribution in [0.3, 0.4) is 0 Å². The van der Waals surface area contributed by atoms with Gasteiger partial charge in [-0.3, -0.25) is 4.99 Å². The van der Waals surface area contributed by atoms with E-state index in [0.717, 1.165) is 18.4 Å². The SMILES string of the molecule is CN=C(NCc1ccnc(OCC(F)(F)F)c1)NC1CCC(SC)C1. The Morgan fingerprint density at radius 3 is 2.88 bits per heavy atom. The molecule has 1 aliphatic rings. The number of thioether (sulfide) groups is 1. The Morgan fingerprint density at radius 1 is 1.44 bits per heavy atom. The van der Waals surface area contributed by atoms with Crippen molar-refractivity contribution in [3.8, 4) is 5.88 Å². The van der Waals surface area contributed by atoms with Gasteiger partial charge in [0.05, 0.1) is 0 Å². The van der Waals surface area contributed by atoms with Crippen LogP contribution >= 0.6 is 11.8 Å². The van der Waals surface area contributed by atoms with E-state index in [4.69, 9.17) is 0 Å². The van der Waals surface area contributed by atoms with Gasteiger partial charge in [0.1, 0.15) is 0 Å². The molecule has 1 aliphatic carbocycles. The topological polar surface area (TPSA) is 58.5 Å². The Hall–Kier alpha value is -1.64. The standard InChI is InChI=1S/C16H23F3N4OS/c1-20-15(23-12-3-4-13(8-12)25-2)22-9-11-5-6-21-14(7-11)24-10-16(17,18)19/h5-7,12-13H,3-4,8-10H2,1-2H3,(H2,20,22,23). The number of guanidine groups is 1. The lowest BCUT2D eigenvalue weighted by molar-refractivity contribution is -0.154. The molecule has 0 saturated heterocycles. The van der Waals surface area contributed by atoms with Crippen LogP contribution in [-0.2, 0) is 6.54 Å². The van der Waals surface area contributed by atoms with E-state index in [1.165, 1.54) is 18.7 Å². The molecule has 25 heavy (non-hydrogen) atoms. The van der Waals surface area contributed by atoms with E-state index in [0.29, 0.717) is 23.8 Å². The number of hydrogen-bond acceptors (Lipinski definition) is 4. The highest BCUT2D eigenvalue weighted by molar-refractivity contribution is 7.99. The summed E-state index contributed by atoms with van der Waals surface area (Å²) in [5.41, 5.74) is 0.767. The van der Waals surface area contributed by atoms with Gasteiger partial charge in [0.2, 0.25) is 5.88 Å². The third-order valence-corrected chi connectivity index (χ3v) is 5.02. The first-order chi connectivity index (χ1) is 11.9. The summed E-state index contributed by atoms with van der Waals surface area (Å²) in [7, 11) is 1.70. The average molecular weight is 376 g/mol. The number of rotatable bonds is 6. The number of nitrogens with one attached hydrogen (secondary N) is 2. The molecule has 0 bridgehead atoms. The molecule has 1 aromatic heterocycles. The molecule has 140 valence electrons. The van der Waals surface area contributed by atoms with Crippen molar-refractivity contribution in [3.63, 3.8) is 0 Å². The van der Waals surface area contributed by atoms with Crippen molar-refractivity contribution < 1.29 is 17.9 Å². The van der Waals surface area contributed by atoms with Gasteiger partial charge in [0, 0.05) is 37.1 Å². The minimum Gasteiger partial charge on any atom is -0.468 e. The van der Waals surface area contributed by atoms with E-state index >= 15 is 0 Å². The van der Waals surface area contributed by atoms with E-state index in [1.54, 1.807) is 13.1 Å². The van der Waals surface area contributed by atoms with Crippen molar-refractivity contribution in [1.82, 2.24) is 15.6 Å². The predicted molar refractivity (Wildman–Crippen MR) is 94.1 cm³/mol. The van der Waals surface area contributed by atoms with Gasteiger partial charge >= 0.3 is 6.18 Å². The van der Waals surface area contributed by atoms with Crippen molar-refractivity contribution in [2.24, 2.45) is 4.99 Å². The molecule has 0 radical (unpaired) electrons. The summed E-state index contributed by atoms with van der Waals surface area (Å²) in [4.78, 5) is 7.99. The number of pyridine rings is 1. The fourth-order valence-electron chi connectivity index (χ4n) is 2.65. The molecule has 2 rings (SSSR count). The lowest BCUT2D eigenvalue weighted by Gasteiger charge is -2.17. The van der Waals surface area contributed by atoms with E-state index in [-0.39, 0.29) is 5.88 Å². The molecule has 0 amide bonds. The summed E-state index contributed by atoms with van der Waals surface area (Å²) < 4.78 is 41.3. The maximum Gasteiger partial charge on any atom is 0.422 e. The van der Waals surface area contributed by atoms with Gasteiger partial charge in [-0.2, -0.15) is 24.9 Å². The van der Waals surface area contributed by atoms with Gasteiger partial charge in [-0.05, 0) is 37.1 Å². The molecule has 0 aliphatic heterocycles. The maximum atomic E-state index is 12.2. The zero-order chi connectivity index (χ0) is 18.3. The second kappa shape index (κ2) is 9.17. The van der Waals surface area contributed by atoms with Crippen molar-refractivity contribution in [2.75, 3.05) is 19.9 Å². The number of halogens is 3. The molecule has 1 saturated carbocycles. The average Bonchev–Trinajstić information content (AvgIpc) is 3.04. The fourth-order valence-corrected chi connectivity index (χ4v) is 3.45. The van der Waals surface area contributed by atoms with Gasteiger partial charge in [-0.15, -0.1) is 0 Å². The first kappa shape index (κ1) is 19.7. The third-order valence-electron chi connectivity index (χ3n) is 3.93. The Morgan fingerprint density at radius 2 is 2.24 bits per heavy atom. The molecule has 5 nitrogen and oxygen atoms in total. The lowest BCUT2D eigenvalue weighted by Crippen LogP contribution is -2.42. The van der Waals surface area contributed by atoms with Crippen LogP contribution in [0.1, 0.15) is 24.8 Å². The number of aliphatic imine (C=N–C) groups is 1. The molecule has 2 N–H and O–H groups in total. The minimum atomic E-state index is -4.38. The molecule has 1 fully saturated rings. The monoisotopic (exact) mass is 376 g/mol. The van der Waals surface area contributed by atoms with Crippen molar-refractivity contribution in [2.45, 2.75) is 43.3 Å². The first-order valence-electron chi connectivity index (χ1n) is 8.04. The molecular formula is C16H23F3N4OS. The van der Waals surface area contributed by atoms with Gasteiger partial charge in [0.25, 0.3) is 0 Å². The first-order valence-corrected chi connectivity index (χ1v) is 9.33. The van der Waals surface area contributed by atoms with Crippen molar-refractivity contribution >= 4 is 17.7 Å². The molecule has 1 heterocycles. The Labute approximate surface area is 149 Å². The van der Waals surface area contributed by atoms with Crippen molar-refractivity contribution in [3.05, 3.63) is 23.9 Å². The van der Waals surface area contributed by atoms with Crippen LogP contribution in [0.5, 0.6) is 5.88 Å².